The lowest BCUT2D eigenvalue weighted by Gasteiger charge is -2.30. The second-order valence-electron chi connectivity index (χ2n) is 5.71. The highest BCUT2D eigenvalue weighted by atomic mass is 16.5. The molecule has 0 aliphatic carbocycles. The maximum absolute atomic E-state index is 12.1. The van der Waals surface area contributed by atoms with Crippen molar-refractivity contribution in [1.29, 1.82) is 0 Å². The highest BCUT2D eigenvalue weighted by molar-refractivity contribution is 5.85. The van der Waals surface area contributed by atoms with Crippen molar-refractivity contribution < 1.29 is 24.2 Å². The molecule has 1 rings (SSSR count). The number of benzene rings is 1. The molecule has 7 nitrogen and oxygen atoms in total. The quantitative estimate of drug-likeness (QED) is 0.632. The van der Waals surface area contributed by atoms with E-state index in [2.05, 4.69) is 10.6 Å². The van der Waals surface area contributed by atoms with Crippen molar-refractivity contribution in [3.05, 3.63) is 29.8 Å². The molecule has 0 aliphatic heterocycles. The van der Waals surface area contributed by atoms with Crippen molar-refractivity contribution in [1.82, 2.24) is 10.6 Å². The average Bonchev–Trinajstić information content (AvgIpc) is 2.52. The van der Waals surface area contributed by atoms with Gasteiger partial charge in [-0.2, -0.15) is 0 Å². The first kappa shape index (κ1) is 19.5. The molecule has 3 N–H and O–H groups in total. The van der Waals surface area contributed by atoms with Crippen LogP contribution in [0.2, 0.25) is 0 Å². The number of carboxylic acid groups (broad SMARTS) is 1. The van der Waals surface area contributed by atoms with Gasteiger partial charge in [-0.25, -0.2) is 0 Å². The molecular weight excluding hydrogens is 312 g/mol. The van der Waals surface area contributed by atoms with Crippen molar-refractivity contribution in [2.45, 2.75) is 38.6 Å². The molecule has 0 bridgehead atoms. The topological polar surface area (TPSA) is 105 Å². The number of carboxylic acids is 1. The summed E-state index contributed by atoms with van der Waals surface area (Å²) in [5.41, 5.74) is -0.509. The molecule has 132 valence electrons. The zero-order chi connectivity index (χ0) is 18.2. The molecule has 1 atom stereocenters. The lowest BCUT2D eigenvalue weighted by atomic mass is 9.88. The number of carbonyl (C=O) groups excluding carboxylic acids is 2. The Morgan fingerprint density at radius 2 is 1.96 bits per heavy atom. The standard InChI is InChI=1S/C17H24N2O5/c1-4-6-14(20)18-11-15(21)19-17(2,10-16(22)23)12-7-5-8-13(9-12)24-3/h5,7-9H,4,6,10-11H2,1-3H3,(H,18,20)(H,19,21)(H,22,23). The van der Waals surface area contributed by atoms with Crippen LogP contribution in [0, 0.1) is 0 Å². The minimum absolute atomic E-state index is 0.196. The molecule has 0 spiro atoms. The highest BCUT2D eigenvalue weighted by Crippen LogP contribution is 2.27. The van der Waals surface area contributed by atoms with Crippen molar-refractivity contribution >= 4 is 17.8 Å². The summed E-state index contributed by atoms with van der Waals surface area (Å²) >= 11 is 0. The fourth-order valence-electron chi connectivity index (χ4n) is 2.33. The van der Waals surface area contributed by atoms with E-state index in [9.17, 15) is 19.5 Å². The number of rotatable bonds is 9. The van der Waals surface area contributed by atoms with Gasteiger partial charge in [-0.1, -0.05) is 19.1 Å². The van der Waals surface area contributed by atoms with Crippen molar-refractivity contribution in [2.75, 3.05) is 13.7 Å². The Hall–Kier alpha value is -2.57. The van der Waals surface area contributed by atoms with E-state index in [0.29, 0.717) is 24.2 Å². The molecule has 0 saturated heterocycles. The molecule has 1 aromatic rings. The summed E-state index contributed by atoms with van der Waals surface area (Å²) in [5, 5.41) is 14.4. The maximum atomic E-state index is 12.1. The molecule has 1 unspecified atom stereocenters. The van der Waals surface area contributed by atoms with Gasteiger partial charge in [0.15, 0.2) is 0 Å². The van der Waals surface area contributed by atoms with Gasteiger partial charge < -0.3 is 20.5 Å². The third-order valence-corrected chi connectivity index (χ3v) is 3.55. The lowest BCUT2D eigenvalue weighted by molar-refractivity contribution is -0.139. The minimum Gasteiger partial charge on any atom is -0.497 e. The summed E-state index contributed by atoms with van der Waals surface area (Å²) in [6, 6.07) is 6.86. The largest absolute Gasteiger partial charge is 0.497 e. The minimum atomic E-state index is -1.12. The summed E-state index contributed by atoms with van der Waals surface area (Å²) < 4.78 is 5.15. The van der Waals surface area contributed by atoms with Crippen molar-refractivity contribution in [3.8, 4) is 5.75 Å². The maximum Gasteiger partial charge on any atom is 0.306 e. The summed E-state index contributed by atoms with van der Waals surface area (Å²) in [6.45, 7) is 3.30. The van der Waals surface area contributed by atoms with E-state index in [1.165, 1.54) is 7.11 Å². The van der Waals surface area contributed by atoms with Crippen LogP contribution < -0.4 is 15.4 Å². The van der Waals surface area contributed by atoms with E-state index in [1.54, 1.807) is 31.2 Å². The highest BCUT2D eigenvalue weighted by Gasteiger charge is 2.31. The van der Waals surface area contributed by atoms with E-state index in [1.807, 2.05) is 6.92 Å². The molecule has 0 saturated carbocycles. The molecule has 0 heterocycles. The Bertz CT molecular complexity index is 602. The van der Waals surface area contributed by atoms with Gasteiger partial charge in [-0.15, -0.1) is 0 Å². The number of aliphatic carboxylic acids is 1. The molecule has 2 amide bonds. The van der Waals surface area contributed by atoms with E-state index in [0.717, 1.165) is 0 Å². The monoisotopic (exact) mass is 336 g/mol. The molecule has 24 heavy (non-hydrogen) atoms. The SMILES string of the molecule is CCCC(=O)NCC(=O)NC(C)(CC(=O)O)c1cccc(OC)c1. The van der Waals surface area contributed by atoms with Crippen LogP contribution in [0.5, 0.6) is 5.75 Å². The second-order valence-corrected chi connectivity index (χ2v) is 5.71. The molecular formula is C17H24N2O5. The second kappa shape index (κ2) is 8.90. The van der Waals surface area contributed by atoms with Crippen LogP contribution in [0.15, 0.2) is 24.3 Å². The molecule has 0 fully saturated rings. The smallest absolute Gasteiger partial charge is 0.306 e. The van der Waals surface area contributed by atoms with E-state index in [4.69, 9.17) is 4.74 Å². The first-order valence-corrected chi connectivity index (χ1v) is 7.74. The Morgan fingerprint density at radius 3 is 2.54 bits per heavy atom. The predicted molar refractivity (Wildman–Crippen MR) is 88.7 cm³/mol. The van der Waals surface area contributed by atoms with Crippen molar-refractivity contribution in [3.63, 3.8) is 0 Å². The molecule has 1 aromatic carbocycles. The molecule has 0 radical (unpaired) electrons. The number of carbonyl (C=O) groups is 3. The Balaban J connectivity index is 2.89. The number of nitrogens with one attached hydrogen (secondary N) is 2. The third kappa shape index (κ3) is 5.91. The Kier molecular flexibility index (Phi) is 7.23. The first-order chi connectivity index (χ1) is 11.3. The average molecular weight is 336 g/mol. The predicted octanol–water partition coefficient (Wildman–Crippen LogP) is 1.42. The van der Waals surface area contributed by atoms with Crippen LogP contribution in [-0.2, 0) is 19.9 Å². The van der Waals surface area contributed by atoms with Crippen LogP contribution in [0.3, 0.4) is 0 Å². The van der Waals surface area contributed by atoms with Crippen LogP contribution in [0.4, 0.5) is 0 Å². The Morgan fingerprint density at radius 1 is 1.25 bits per heavy atom. The van der Waals surface area contributed by atoms with E-state index >= 15 is 0 Å². The summed E-state index contributed by atoms with van der Waals surface area (Å²) in [4.78, 5) is 34.8. The summed E-state index contributed by atoms with van der Waals surface area (Å²) in [5.74, 6) is -1.15. The molecule has 7 heteroatoms. The zero-order valence-corrected chi connectivity index (χ0v) is 14.2. The molecule has 0 aromatic heterocycles. The van der Waals surface area contributed by atoms with E-state index in [-0.39, 0.29) is 18.9 Å². The van der Waals surface area contributed by atoms with Gasteiger partial charge in [0.05, 0.1) is 25.6 Å². The van der Waals surface area contributed by atoms with Gasteiger partial charge in [0.1, 0.15) is 5.75 Å². The zero-order valence-electron chi connectivity index (χ0n) is 14.2. The summed E-state index contributed by atoms with van der Waals surface area (Å²) in [7, 11) is 1.51. The van der Waals surface area contributed by atoms with Crippen molar-refractivity contribution in [2.24, 2.45) is 0 Å². The van der Waals surface area contributed by atoms with Crippen LogP contribution in [0.25, 0.3) is 0 Å². The fraction of sp³-hybridized carbons (Fsp3) is 0.471. The number of amides is 2. The summed E-state index contributed by atoms with van der Waals surface area (Å²) in [6.07, 6.45) is 0.734. The van der Waals surface area contributed by atoms with Gasteiger partial charge in [0, 0.05) is 6.42 Å². The number of ether oxygens (including phenoxy) is 1. The van der Waals surface area contributed by atoms with Crippen LogP contribution in [-0.4, -0.2) is 36.5 Å². The first-order valence-electron chi connectivity index (χ1n) is 7.74. The van der Waals surface area contributed by atoms with Crippen LogP contribution >= 0.6 is 0 Å². The van der Waals surface area contributed by atoms with Gasteiger partial charge in [-0.05, 0) is 31.0 Å². The Labute approximate surface area is 141 Å². The third-order valence-electron chi connectivity index (χ3n) is 3.55. The lowest BCUT2D eigenvalue weighted by Crippen LogP contribution is -2.48. The van der Waals surface area contributed by atoms with Gasteiger partial charge in [-0.3, -0.25) is 14.4 Å². The van der Waals surface area contributed by atoms with E-state index < -0.39 is 17.4 Å². The number of methoxy groups -OCH3 is 1. The molecule has 0 aliphatic rings. The number of hydrogen-bond donors (Lipinski definition) is 3. The normalized spacial score (nSPS) is 12.8. The number of hydrogen-bond acceptors (Lipinski definition) is 4. The van der Waals surface area contributed by atoms with Gasteiger partial charge >= 0.3 is 5.97 Å². The fourth-order valence-corrected chi connectivity index (χ4v) is 2.33. The van der Waals surface area contributed by atoms with Crippen LogP contribution in [0.1, 0.15) is 38.7 Å². The van der Waals surface area contributed by atoms with Gasteiger partial charge in [0.25, 0.3) is 0 Å². The van der Waals surface area contributed by atoms with Gasteiger partial charge in [0.2, 0.25) is 11.8 Å².